The number of nitrogens with one attached hydrogen (secondary N) is 1. The largest absolute Gasteiger partial charge is 0.385 e. The van der Waals surface area contributed by atoms with Gasteiger partial charge in [-0.1, -0.05) is 6.92 Å². The zero-order valence-electron chi connectivity index (χ0n) is 8.55. The predicted octanol–water partition coefficient (Wildman–Crippen LogP) is 3.20. The van der Waals surface area contributed by atoms with Crippen LogP contribution in [0.3, 0.4) is 0 Å². The Labute approximate surface area is 97.8 Å². The molecule has 1 aromatic heterocycles. The maximum Gasteiger partial charge on any atom is 0.0480 e. The van der Waals surface area contributed by atoms with Gasteiger partial charge < -0.3 is 10.1 Å². The zero-order valence-corrected chi connectivity index (χ0v) is 11.0. The summed E-state index contributed by atoms with van der Waals surface area (Å²) in [6, 6.07) is 2.51. The summed E-state index contributed by atoms with van der Waals surface area (Å²) in [5.74, 6) is 0. The molecule has 4 heteroatoms. The van der Waals surface area contributed by atoms with E-state index in [0.717, 1.165) is 19.6 Å². The number of halogens is 1. The van der Waals surface area contributed by atoms with Crippen LogP contribution in [0.2, 0.25) is 0 Å². The van der Waals surface area contributed by atoms with Crippen molar-refractivity contribution in [1.82, 2.24) is 5.32 Å². The van der Waals surface area contributed by atoms with E-state index in [-0.39, 0.29) is 0 Å². The fourth-order valence-electron chi connectivity index (χ4n) is 1.36. The average molecular weight is 278 g/mol. The van der Waals surface area contributed by atoms with Crippen LogP contribution in [0, 0.1) is 0 Å². The second kappa shape index (κ2) is 6.56. The maximum atomic E-state index is 5.11. The van der Waals surface area contributed by atoms with E-state index in [1.165, 1.54) is 9.35 Å². The molecule has 0 saturated carbocycles. The first-order valence-electron chi connectivity index (χ1n) is 4.74. The van der Waals surface area contributed by atoms with Crippen molar-refractivity contribution in [2.75, 3.05) is 20.3 Å². The Morgan fingerprint density at radius 2 is 2.43 bits per heavy atom. The van der Waals surface area contributed by atoms with Gasteiger partial charge in [-0.05, 0) is 40.3 Å². The molecule has 0 saturated heterocycles. The Balaban J connectivity index is 2.62. The van der Waals surface area contributed by atoms with Crippen molar-refractivity contribution in [3.8, 4) is 0 Å². The van der Waals surface area contributed by atoms with Crippen molar-refractivity contribution in [2.45, 2.75) is 19.4 Å². The molecule has 1 atom stereocenters. The van der Waals surface area contributed by atoms with Crippen molar-refractivity contribution in [2.24, 2.45) is 0 Å². The second-order valence-corrected chi connectivity index (χ2v) is 4.83. The van der Waals surface area contributed by atoms with Crippen molar-refractivity contribution in [3.63, 3.8) is 0 Å². The minimum Gasteiger partial charge on any atom is -0.385 e. The first-order chi connectivity index (χ1) is 6.79. The molecule has 1 rings (SSSR count). The van der Waals surface area contributed by atoms with E-state index >= 15 is 0 Å². The van der Waals surface area contributed by atoms with Crippen LogP contribution in [-0.4, -0.2) is 20.3 Å². The van der Waals surface area contributed by atoms with E-state index in [1.54, 1.807) is 18.4 Å². The number of hydrogen-bond donors (Lipinski definition) is 1. The average Bonchev–Trinajstić information content (AvgIpc) is 2.59. The Morgan fingerprint density at radius 3 is 2.93 bits per heavy atom. The molecular formula is C10H16BrNOS. The molecule has 0 amide bonds. The van der Waals surface area contributed by atoms with Crippen LogP contribution >= 0.6 is 27.3 Å². The Morgan fingerprint density at radius 1 is 1.64 bits per heavy atom. The summed E-state index contributed by atoms with van der Waals surface area (Å²) in [5.41, 5.74) is 0. The molecule has 1 aromatic rings. The quantitative estimate of drug-likeness (QED) is 0.862. The van der Waals surface area contributed by atoms with Crippen molar-refractivity contribution in [1.29, 1.82) is 0 Å². The van der Waals surface area contributed by atoms with E-state index < -0.39 is 0 Å². The third-order valence-corrected chi connectivity index (χ3v) is 4.01. The first-order valence-corrected chi connectivity index (χ1v) is 6.42. The lowest BCUT2D eigenvalue weighted by Gasteiger charge is -2.16. The van der Waals surface area contributed by atoms with Gasteiger partial charge in [-0.15, -0.1) is 11.3 Å². The second-order valence-electron chi connectivity index (χ2n) is 3.02. The highest BCUT2D eigenvalue weighted by molar-refractivity contribution is 9.10. The van der Waals surface area contributed by atoms with E-state index in [0.29, 0.717) is 6.04 Å². The highest BCUT2D eigenvalue weighted by atomic mass is 79.9. The van der Waals surface area contributed by atoms with Gasteiger partial charge in [-0.2, -0.15) is 0 Å². The molecule has 1 heterocycles. The van der Waals surface area contributed by atoms with Crippen LogP contribution in [-0.2, 0) is 4.74 Å². The van der Waals surface area contributed by atoms with Gasteiger partial charge in [-0.3, -0.25) is 0 Å². The minimum atomic E-state index is 0.411. The van der Waals surface area contributed by atoms with Gasteiger partial charge in [0.25, 0.3) is 0 Å². The topological polar surface area (TPSA) is 21.3 Å². The summed E-state index contributed by atoms with van der Waals surface area (Å²) in [6.07, 6.45) is 1.02. The molecule has 0 aromatic carbocycles. The third-order valence-electron chi connectivity index (χ3n) is 2.02. The van der Waals surface area contributed by atoms with Gasteiger partial charge in [0.1, 0.15) is 0 Å². The number of thiophene rings is 1. The normalized spacial score (nSPS) is 13.1. The third kappa shape index (κ3) is 3.35. The summed E-state index contributed by atoms with van der Waals surface area (Å²) in [4.78, 5) is 1.36. The van der Waals surface area contributed by atoms with E-state index in [1.807, 2.05) is 0 Å². The maximum absolute atomic E-state index is 5.11. The Bertz CT molecular complexity index is 264. The lowest BCUT2D eigenvalue weighted by atomic mass is 10.2. The molecule has 80 valence electrons. The van der Waals surface area contributed by atoms with Crippen LogP contribution in [0.1, 0.15) is 24.3 Å². The molecule has 0 spiro atoms. The minimum absolute atomic E-state index is 0.411. The van der Waals surface area contributed by atoms with Gasteiger partial charge in [0.05, 0.1) is 0 Å². The van der Waals surface area contributed by atoms with Crippen molar-refractivity contribution in [3.05, 3.63) is 20.8 Å². The number of rotatable bonds is 6. The van der Waals surface area contributed by atoms with E-state index in [9.17, 15) is 0 Å². The van der Waals surface area contributed by atoms with Crippen LogP contribution in [0.5, 0.6) is 0 Å². The van der Waals surface area contributed by atoms with Gasteiger partial charge >= 0.3 is 0 Å². The molecule has 14 heavy (non-hydrogen) atoms. The summed E-state index contributed by atoms with van der Waals surface area (Å²) >= 11 is 5.34. The monoisotopic (exact) mass is 277 g/mol. The SMILES string of the molecule is CCNC(CCOC)c1sccc1Br. The number of methoxy groups -OCH3 is 1. The van der Waals surface area contributed by atoms with Crippen LogP contribution in [0.25, 0.3) is 0 Å². The summed E-state index contributed by atoms with van der Waals surface area (Å²) in [5, 5.41) is 5.57. The fraction of sp³-hybridized carbons (Fsp3) is 0.600. The van der Waals surface area contributed by atoms with Crippen LogP contribution in [0.15, 0.2) is 15.9 Å². The highest BCUT2D eigenvalue weighted by Crippen LogP contribution is 2.30. The van der Waals surface area contributed by atoms with Crippen LogP contribution < -0.4 is 5.32 Å². The van der Waals surface area contributed by atoms with Crippen molar-refractivity contribution >= 4 is 27.3 Å². The van der Waals surface area contributed by atoms with E-state index in [4.69, 9.17) is 4.74 Å². The van der Waals surface area contributed by atoms with Gasteiger partial charge in [0.15, 0.2) is 0 Å². The fourth-order valence-corrected chi connectivity index (χ4v) is 3.12. The summed E-state index contributed by atoms with van der Waals surface area (Å²) in [6.45, 7) is 3.90. The number of hydrogen-bond acceptors (Lipinski definition) is 3. The Hall–Kier alpha value is 0.100. The predicted molar refractivity (Wildman–Crippen MR) is 64.9 cm³/mol. The molecule has 0 aliphatic heterocycles. The molecule has 2 nitrogen and oxygen atoms in total. The lowest BCUT2D eigenvalue weighted by molar-refractivity contribution is 0.183. The number of ether oxygens (including phenoxy) is 1. The van der Waals surface area contributed by atoms with Gasteiger partial charge in [0.2, 0.25) is 0 Å². The zero-order chi connectivity index (χ0) is 10.4. The molecule has 0 bridgehead atoms. The molecule has 1 unspecified atom stereocenters. The van der Waals surface area contributed by atoms with Crippen molar-refractivity contribution < 1.29 is 4.74 Å². The highest BCUT2D eigenvalue weighted by Gasteiger charge is 2.14. The van der Waals surface area contributed by atoms with Gasteiger partial charge in [-0.25, -0.2) is 0 Å². The summed E-state index contributed by atoms with van der Waals surface area (Å²) < 4.78 is 6.30. The standard InChI is InChI=1S/C10H16BrNOS/c1-3-12-9(4-6-13-2)10-8(11)5-7-14-10/h5,7,9,12H,3-4,6H2,1-2H3. The lowest BCUT2D eigenvalue weighted by Crippen LogP contribution is -2.21. The summed E-state index contributed by atoms with van der Waals surface area (Å²) in [7, 11) is 1.74. The van der Waals surface area contributed by atoms with Gasteiger partial charge in [0, 0.05) is 29.1 Å². The van der Waals surface area contributed by atoms with Crippen LogP contribution in [0.4, 0.5) is 0 Å². The molecule has 0 aliphatic carbocycles. The molecule has 0 aliphatic rings. The molecule has 1 N–H and O–H groups in total. The Kier molecular flexibility index (Phi) is 5.70. The molecule has 0 radical (unpaired) electrons. The smallest absolute Gasteiger partial charge is 0.0480 e. The molecule has 0 fully saturated rings. The first kappa shape index (κ1) is 12.2. The van der Waals surface area contributed by atoms with E-state index in [2.05, 4.69) is 39.6 Å². The molecular weight excluding hydrogens is 262 g/mol.